The molecule has 0 spiro atoms. The molecule has 0 radical (unpaired) electrons. The summed E-state index contributed by atoms with van der Waals surface area (Å²) in [7, 11) is 1.72. The molecule has 0 saturated carbocycles. The molecule has 17 heavy (non-hydrogen) atoms. The monoisotopic (exact) mass is 234 g/mol. The molecule has 0 bridgehead atoms. The van der Waals surface area contributed by atoms with Crippen LogP contribution in [0, 0.1) is 13.8 Å². The van der Waals surface area contributed by atoms with Gasteiger partial charge in [0.2, 0.25) is 5.91 Å². The second-order valence-corrected chi connectivity index (χ2v) is 4.27. The Kier molecular flexibility index (Phi) is 3.89. The van der Waals surface area contributed by atoms with E-state index < -0.39 is 0 Å². The highest BCUT2D eigenvalue weighted by atomic mass is 16.2. The first-order chi connectivity index (χ1) is 7.84. The van der Waals surface area contributed by atoms with Crippen LogP contribution in [0.5, 0.6) is 0 Å². The third-order valence-electron chi connectivity index (χ3n) is 2.81. The van der Waals surface area contributed by atoms with E-state index in [1.807, 2.05) is 19.9 Å². The predicted molar refractivity (Wildman–Crippen MR) is 67.8 cm³/mol. The topological polar surface area (TPSA) is 51.1 Å². The SMILES string of the molecule is C=C(C)C(=O)NCc1c(C)cc(C)n(C)c1=O. The molecular weight excluding hydrogens is 216 g/mol. The first-order valence-corrected chi connectivity index (χ1v) is 5.44. The zero-order valence-corrected chi connectivity index (χ0v) is 10.8. The van der Waals surface area contributed by atoms with Gasteiger partial charge in [0.05, 0.1) is 0 Å². The van der Waals surface area contributed by atoms with Crippen LogP contribution in [-0.2, 0) is 18.4 Å². The number of hydrogen-bond acceptors (Lipinski definition) is 2. The predicted octanol–water partition coefficient (Wildman–Crippen LogP) is 1.19. The fourth-order valence-electron chi connectivity index (χ4n) is 1.56. The van der Waals surface area contributed by atoms with Crippen LogP contribution in [0.15, 0.2) is 23.0 Å². The van der Waals surface area contributed by atoms with Crippen molar-refractivity contribution in [2.45, 2.75) is 27.3 Å². The summed E-state index contributed by atoms with van der Waals surface area (Å²) in [5, 5.41) is 2.67. The van der Waals surface area contributed by atoms with Crippen LogP contribution in [0.25, 0.3) is 0 Å². The molecule has 1 rings (SSSR count). The molecule has 1 aromatic rings. The molecule has 0 aromatic carbocycles. The van der Waals surface area contributed by atoms with Gasteiger partial charge in [-0.2, -0.15) is 0 Å². The minimum Gasteiger partial charge on any atom is -0.348 e. The van der Waals surface area contributed by atoms with Crippen molar-refractivity contribution in [3.63, 3.8) is 0 Å². The average molecular weight is 234 g/mol. The average Bonchev–Trinajstić information content (AvgIpc) is 2.25. The molecule has 0 unspecified atom stereocenters. The largest absolute Gasteiger partial charge is 0.348 e. The van der Waals surface area contributed by atoms with E-state index in [0.29, 0.717) is 11.1 Å². The summed E-state index contributed by atoms with van der Waals surface area (Å²) in [4.78, 5) is 23.4. The summed E-state index contributed by atoms with van der Waals surface area (Å²) >= 11 is 0. The zero-order chi connectivity index (χ0) is 13.2. The van der Waals surface area contributed by atoms with Crippen molar-refractivity contribution >= 4 is 5.91 Å². The van der Waals surface area contributed by atoms with Gasteiger partial charge in [0, 0.05) is 30.4 Å². The lowest BCUT2D eigenvalue weighted by molar-refractivity contribution is -0.117. The van der Waals surface area contributed by atoms with Crippen LogP contribution in [-0.4, -0.2) is 10.5 Å². The van der Waals surface area contributed by atoms with Crippen molar-refractivity contribution in [2.75, 3.05) is 0 Å². The number of nitrogens with one attached hydrogen (secondary N) is 1. The van der Waals surface area contributed by atoms with Crippen LogP contribution in [0.3, 0.4) is 0 Å². The third kappa shape index (κ3) is 2.84. The first-order valence-electron chi connectivity index (χ1n) is 5.44. The second kappa shape index (κ2) is 4.99. The maximum atomic E-state index is 12.0. The molecule has 1 N–H and O–H groups in total. The number of amides is 1. The van der Waals surface area contributed by atoms with Crippen molar-refractivity contribution in [1.29, 1.82) is 0 Å². The molecule has 1 heterocycles. The standard InChI is InChI=1S/C13H18N2O2/c1-8(2)12(16)14-7-11-9(3)6-10(4)15(5)13(11)17/h6H,1,7H2,2-5H3,(H,14,16). The number of carbonyl (C=O) groups excluding carboxylic acids is 1. The van der Waals surface area contributed by atoms with Crippen LogP contribution in [0.4, 0.5) is 0 Å². The lowest BCUT2D eigenvalue weighted by atomic mass is 10.1. The number of aryl methyl sites for hydroxylation is 2. The van der Waals surface area contributed by atoms with Gasteiger partial charge in [-0.1, -0.05) is 6.58 Å². The summed E-state index contributed by atoms with van der Waals surface area (Å²) in [6.07, 6.45) is 0. The number of nitrogens with zero attached hydrogens (tertiary/aromatic N) is 1. The molecule has 0 aliphatic rings. The maximum Gasteiger partial charge on any atom is 0.255 e. The normalized spacial score (nSPS) is 10.1. The highest BCUT2D eigenvalue weighted by Gasteiger charge is 2.09. The van der Waals surface area contributed by atoms with Crippen LogP contribution in [0.2, 0.25) is 0 Å². The van der Waals surface area contributed by atoms with E-state index in [1.54, 1.807) is 18.5 Å². The van der Waals surface area contributed by atoms with Crippen molar-refractivity contribution < 1.29 is 4.79 Å². The molecule has 4 nitrogen and oxygen atoms in total. The van der Waals surface area contributed by atoms with E-state index in [9.17, 15) is 9.59 Å². The quantitative estimate of drug-likeness (QED) is 0.799. The van der Waals surface area contributed by atoms with Gasteiger partial charge in [-0.15, -0.1) is 0 Å². The molecule has 1 aromatic heterocycles. The van der Waals surface area contributed by atoms with Crippen LogP contribution < -0.4 is 10.9 Å². The number of rotatable bonds is 3. The maximum absolute atomic E-state index is 12.0. The van der Waals surface area contributed by atoms with Gasteiger partial charge in [-0.3, -0.25) is 9.59 Å². The smallest absolute Gasteiger partial charge is 0.255 e. The van der Waals surface area contributed by atoms with Crippen molar-refractivity contribution in [1.82, 2.24) is 9.88 Å². The van der Waals surface area contributed by atoms with Gasteiger partial charge in [-0.05, 0) is 32.4 Å². The Labute approximate surface area is 101 Å². The van der Waals surface area contributed by atoms with E-state index in [1.165, 1.54) is 0 Å². The highest BCUT2D eigenvalue weighted by molar-refractivity contribution is 5.92. The van der Waals surface area contributed by atoms with E-state index in [0.717, 1.165) is 11.3 Å². The summed E-state index contributed by atoms with van der Waals surface area (Å²) in [5.41, 5.74) is 2.79. The van der Waals surface area contributed by atoms with Crippen LogP contribution in [0.1, 0.15) is 23.7 Å². The third-order valence-corrected chi connectivity index (χ3v) is 2.81. The summed E-state index contributed by atoms with van der Waals surface area (Å²) in [5.74, 6) is -0.230. The Balaban J connectivity index is 3.00. The van der Waals surface area contributed by atoms with E-state index in [2.05, 4.69) is 11.9 Å². The number of hydrogen-bond donors (Lipinski definition) is 1. The Morgan fingerprint density at radius 3 is 2.59 bits per heavy atom. The molecular formula is C13H18N2O2. The zero-order valence-electron chi connectivity index (χ0n) is 10.8. The lowest BCUT2D eigenvalue weighted by Crippen LogP contribution is -2.31. The molecule has 4 heteroatoms. The summed E-state index contributed by atoms with van der Waals surface area (Å²) < 4.78 is 1.58. The molecule has 0 saturated heterocycles. The Morgan fingerprint density at radius 2 is 2.06 bits per heavy atom. The van der Waals surface area contributed by atoms with Crippen molar-refractivity contribution in [3.05, 3.63) is 45.4 Å². The Hall–Kier alpha value is -1.84. The Morgan fingerprint density at radius 1 is 1.47 bits per heavy atom. The van der Waals surface area contributed by atoms with Crippen molar-refractivity contribution in [2.24, 2.45) is 7.05 Å². The highest BCUT2D eigenvalue weighted by Crippen LogP contribution is 2.05. The van der Waals surface area contributed by atoms with Gasteiger partial charge in [-0.25, -0.2) is 0 Å². The molecule has 1 amide bonds. The van der Waals surface area contributed by atoms with Crippen molar-refractivity contribution in [3.8, 4) is 0 Å². The first kappa shape index (κ1) is 13.2. The summed E-state index contributed by atoms with van der Waals surface area (Å²) in [6, 6.07) is 1.93. The van der Waals surface area contributed by atoms with E-state index in [-0.39, 0.29) is 18.0 Å². The molecule has 0 aliphatic carbocycles. The molecule has 92 valence electrons. The van der Waals surface area contributed by atoms with Gasteiger partial charge < -0.3 is 9.88 Å². The number of pyridine rings is 1. The fourth-order valence-corrected chi connectivity index (χ4v) is 1.56. The molecule has 0 aliphatic heterocycles. The van der Waals surface area contributed by atoms with Gasteiger partial charge in [0.15, 0.2) is 0 Å². The Bertz CT molecular complexity index is 527. The molecule has 0 atom stereocenters. The second-order valence-electron chi connectivity index (χ2n) is 4.27. The lowest BCUT2D eigenvalue weighted by Gasteiger charge is -2.11. The number of aromatic nitrogens is 1. The van der Waals surface area contributed by atoms with E-state index >= 15 is 0 Å². The van der Waals surface area contributed by atoms with E-state index in [4.69, 9.17) is 0 Å². The van der Waals surface area contributed by atoms with Gasteiger partial charge in [0.25, 0.3) is 5.56 Å². The summed E-state index contributed by atoms with van der Waals surface area (Å²) in [6.45, 7) is 9.17. The fraction of sp³-hybridized carbons (Fsp3) is 0.385. The minimum atomic E-state index is -0.230. The molecule has 0 fully saturated rings. The number of carbonyl (C=O) groups is 1. The van der Waals surface area contributed by atoms with Gasteiger partial charge >= 0.3 is 0 Å². The minimum absolute atomic E-state index is 0.0653. The van der Waals surface area contributed by atoms with Gasteiger partial charge in [0.1, 0.15) is 0 Å². The van der Waals surface area contributed by atoms with Crippen LogP contribution >= 0.6 is 0 Å².